The summed E-state index contributed by atoms with van der Waals surface area (Å²) < 4.78 is 67.3. The zero-order chi connectivity index (χ0) is 33.4. The van der Waals surface area contributed by atoms with Crippen LogP contribution in [-0.2, 0) is 35.2 Å². The molecule has 6 rings (SSSR count). The lowest BCUT2D eigenvalue weighted by atomic mass is 9.57. The number of carbonyl (C=O) groups excluding carboxylic acids is 1. The number of halogens is 3. The number of carbonyl (C=O) groups is 1. The fraction of sp³-hybridized carbons (Fsp3) is 0.667. The predicted octanol–water partition coefficient (Wildman–Crippen LogP) is 9.59. The molecule has 2 aliphatic carbocycles. The normalized spacial score (nSPS) is 25.3. The van der Waals surface area contributed by atoms with Gasteiger partial charge in [-0.1, -0.05) is 53.2 Å². The van der Waals surface area contributed by atoms with Crippen molar-refractivity contribution in [3.63, 3.8) is 0 Å². The van der Waals surface area contributed by atoms with Crippen LogP contribution in [0.5, 0.6) is 0 Å². The molecule has 1 saturated carbocycles. The van der Waals surface area contributed by atoms with Crippen LogP contribution in [0.15, 0.2) is 24.3 Å². The van der Waals surface area contributed by atoms with Crippen molar-refractivity contribution in [2.45, 2.75) is 134 Å². The summed E-state index contributed by atoms with van der Waals surface area (Å²) in [5.74, 6) is -0.356. The van der Waals surface area contributed by atoms with E-state index in [4.69, 9.17) is 23.6 Å². The second kappa shape index (κ2) is 11.4. The third kappa shape index (κ3) is 5.54. The topological polar surface area (TPSA) is 66.9 Å². The van der Waals surface area contributed by atoms with Gasteiger partial charge in [-0.05, 0) is 66.6 Å². The molecule has 0 N–H and O–H groups in total. The highest BCUT2D eigenvalue weighted by Crippen LogP contribution is 2.65. The van der Waals surface area contributed by atoms with Crippen LogP contribution in [0.2, 0.25) is 18.1 Å². The van der Waals surface area contributed by atoms with Crippen LogP contribution < -0.4 is 0 Å². The van der Waals surface area contributed by atoms with E-state index in [1.54, 1.807) is 0 Å². The number of hydrogen-bond acceptors (Lipinski definition) is 6. The number of ether oxygens (including phenoxy) is 3. The van der Waals surface area contributed by atoms with Gasteiger partial charge in [-0.15, -0.1) is 0 Å². The maximum Gasteiger partial charge on any atom is 0.416 e. The van der Waals surface area contributed by atoms with Crippen LogP contribution in [0.25, 0.3) is 0 Å². The number of pyridine rings is 1. The Kier molecular flexibility index (Phi) is 8.34. The van der Waals surface area contributed by atoms with Crippen LogP contribution in [0.1, 0.15) is 144 Å². The highest BCUT2D eigenvalue weighted by atomic mass is 28.4. The zero-order valence-corrected chi connectivity index (χ0v) is 29.4. The van der Waals surface area contributed by atoms with Crippen molar-refractivity contribution in [3.05, 3.63) is 63.5 Å². The van der Waals surface area contributed by atoms with Crippen molar-refractivity contribution in [2.24, 2.45) is 5.41 Å². The molecule has 0 bridgehead atoms. The maximum atomic E-state index is 13.6. The molecule has 2 spiro atoms. The first kappa shape index (κ1) is 33.6. The van der Waals surface area contributed by atoms with Crippen LogP contribution >= 0.6 is 0 Å². The Bertz CT molecular complexity index is 1490. The van der Waals surface area contributed by atoms with E-state index >= 15 is 0 Å². The summed E-state index contributed by atoms with van der Waals surface area (Å²) in [6.07, 6.45) is -0.982. The van der Waals surface area contributed by atoms with Crippen LogP contribution in [0.4, 0.5) is 13.2 Å². The molecule has 0 unspecified atom stereocenters. The first-order valence-electron chi connectivity index (χ1n) is 16.7. The molecule has 2 aliphatic heterocycles. The number of esters is 1. The molecule has 0 amide bonds. The average molecular weight is 660 g/mol. The summed E-state index contributed by atoms with van der Waals surface area (Å²) in [5.41, 5.74) is 3.50. The smallest absolute Gasteiger partial charge is 0.416 e. The van der Waals surface area contributed by atoms with E-state index in [1.807, 2.05) is 0 Å². The van der Waals surface area contributed by atoms with Gasteiger partial charge in [0.15, 0.2) is 8.32 Å². The number of fused-ring (bicyclic) bond motifs is 4. The first-order chi connectivity index (χ1) is 21.4. The molecule has 46 heavy (non-hydrogen) atoms. The maximum absolute atomic E-state index is 13.6. The second-order valence-electron chi connectivity index (χ2n) is 15.7. The predicted molar refractivity (Wildman–Crippen MR) is 171 cm³/mol. The molecule has 0 radical (unpaired) electrons. The summed E-state index contributed by atoms with van der Waals surface area (Å²) >= 11 is 0. The van der Waals surface area contributed by atoms with E-state index in [0.29, 0.717) is 31.6 Å². The van der Waals surface area contributed by atoms with Gasteiger partial charge < -0.3 is 18.6 Å². The molecule has 3 atom stereocenters. The number of rotatable bonds is 5. The lowest BCUT2D eigenvalue weighted by Gasteiger charge is -2.54. The van der Waals surface area contributed by atoms with E-state index < -0.39 is 37.9 Å². The van der Waals surface area contributed by atoms with Crippen molar-refractivity contribution in [3.8, 4) is 0 Å². The van der Waals surface area contributed by atoms with E-state index in [0.717, 1.165) is 65.9 Å². The Morgan fingerprint density at radius 2 is 1.65 bits per heavy atom. The molecule has 4 aliphatic rings. The van der Waals surface area contributed by atoms with E-state index in [9.17, 15) is 18.0 Å². The number of benzene rings is 1. The van der Waals surface area contributed by atoms with Crippen molar-refractivity contribution in [1.82, 2.24) is 4.98 Å². The lowest BCUT2D eigenvalue weighted by molar-refractivity contribution is -0.167. The average Bonchev–Trinajstić information content (AvgIpc) is 3.25. The number of alkyl halides is 3. The summed E-state index contributed by atoms with van der Waals surface area (Å²) in [6.45, 7) is 17.9. The lowest BCUT2D eigenvalue weighted by Crippen LogP contribution is -2.49. The minimum atomic E-state index is -4.43. The van der Waals surface area contributed by atoms with Gasteiger partial charge in [-0.2, -0.15) is 13.2 Å². The van der Waals surface area contributed by atoms with Crippen molar-refractivity contribution in [1.29, 1.82) is 0 Å². The molecule has 1 aromatic heterocycles. The Balaban J connectivity index is 1.64. The summed E-state index contributed by atoms with van der Waals surface area (Å²) in [6, 6.07) is 5.34. The second-order valence-corrected chi connectivity index (χ2v) is 20.5. The SMILES string of the molecule is CC(=O)O[C@@H]1c2nc(C(C)C)c3c(c2[C@@H](O[Si](C)(C)C(C)(C)C)CC12CCC2)C1(CCOCC1)O[C@@H]3c1ccc(C(F)(F)F)cc1. The van der Waals surface area contributed by atoms with Gasteiger partial charge in [-0.3, -0.25) is 9.78 Å². The van der Waals surface area contributed by atoms with Gasteiger partial charge in [0.05, 0.1) is 23.0 Å². The highest BCUT2D eigenvalue weighted by molar-refractivity contribution is 6.74. The van der Waals surface area contributed by atoms with Gasteiger partial charge in [0.2, 0.25) is 0 Å². The Morgan fingerprint density at radius 1 is 1.02 bits per heavy atom. The van der Waals surface area contributed by atoms with Gasteiger partial charge >= 0.3 is 12.1 Å². The van der Waals surface area contributed by atoms with Crippen molar-refractivity contribution < 1.29 is 36.6 Å². The molecule has 1 aromatic carbocycles. The molecule has 2 fully saturated rings. The Labute approximate surface area is 271 Å². The van der Waals surface area contributed by atoms with Crippen molar-refractivity contribution in [2.75, 3.05) is 13.2 Å². The number of hydrogen-bond donors (Lipinski definition) is 0. The quantitative estimate of drug-likeness (QED) is 0.235. The molecule has 6 nitrogen and oxygen atoms in total. The van der Waals surface area contributed by atoms with E-state index in [1.165, 1.54) is 19.1 Å². The zero-order valence-electron chi connectivity index (χ0n) is 28.4. The van der Waals surface area contributed by atoms with Crippen molar-refractivity contribution >= 4 is 14.3 Å². The Morgan fingerprint density at radius 3 is 2.15 bits per heavy atom. The van der Waals surface area contributed by atoms with E-state index in [2.05, 4.69) is 47.7 Å². The highest BCUT2D eigenvalue weighted by Gasteiger charge is 2.59. The van der Waals surface area contributed by atoms with Gasteiger partial charge in [-0.25, -0.2) is 0 Å². The van der Waals surface area contributed by atoms with Crippen LogP contribution in [-0.4, -0.2) is 32.5 Å². The molecule has 3 heterocycles. The molecule has 252 valence electrons. The standard InChI is InChI=1S/C36H48F3NO5Si/c1-21(2)29-27-28(35(16-18-42-19-17-35)44-31(27)23-10-12-24(13-11-23)36(37,38)39)26-25(45-46(7,8)33(4,5)6)20-34(14-9-15-34)32(30(26)40-29)43-22(3)41/h10-13,21,25,31-32H,9,14-20H2,1-8H3/t25-,31+,32+/m0/s1. The minimum absolute atomic E-state index is 0.0217. The minimum Gasteiger partial charge on any atom is -0.455 e. The fourth-order valence-corrected chi connectivity index (χ4v) is 9.08. The third-order valence-electron chi connectivity index (χ3n) is 11.4. The summed E-state index contributed by atoms with van der Waals surface area (Å²) in [4.78, 5) is 18.1. The summed E-state index contributed by atoms with van der Waals surface area (Å²) in [7, 11) is -2.31. The number of aromatic nitrogens is 1. The molecule has 2 aromatic rings. The molecular weight excluding hydrogens is 611 g/mol. The molecule has 10 heteroatoms. The van der Waals surface area contributed by atoms with Crippen LogP contribution in [0, 0.1) is 5.41 Å². The van der Waals surface area contributed by atoms with Gasteiger partial charge in [0, 0.05) is 55.2 Å². The van der Waals surface area contributed by atoms with E-state index in [-0.39, 0.29) is 28.4 Å². The third-order valence-corrected chi connectivity index (χ3v) is 15.9. The molecule has 1 saturated heterocycles. The molecular formula is C36H48F3NO5Si. The Hall–Kier alpha value is -2.27. The fourth-order valence-electron chi connectivity index (χ4n) is 7.81. The monoisotopic (exact) mass is 659 g/mol. The van der Waals surface area contributed by atoms with Gasteiger partial charge in [0.1, 0.15) is 12.2 Å². The first-order valence-corrected chi connectivity index (χ1v) is 19.7. The number of nitrogens with zero attached hydrogens (tertiary/aromatic N) is 1. The van der Waals surface area contributed by atoms with Gasteiger partial charge in [0.25, 0.3) is 0 Å². The summed E-state index contributed by atoms with van der Waals surface area (Å²) in [5, 5.41) is -0.0449. The van der Waals surface area contributed by atoms with Crippen LogP contribution in [0.3, 0.4) is 0 Å². The largest absolute Gasteiger partial charge is 0.455 e.